The molecule has 2 aliphatic rings. The van der Waals surface area contributed by atoms with Crippen LogP contribution < -0.4 is 5.32 Å². The molecule has 19 heavy (non-hydrogen) atoms. The van der Waals surface area contributed by atoms with E-state index >= 15 is 0 Å². The zero-order valence-corrected chi connectivity index (χ0v) is 11.4. The molecule has 0 aromatic heterocycles. The summed E-state index contributed by atoms with van der Waals surface area (Å²) >= 11 is 0. The van der Waals surface area contributed by atoms with E-state index in [-0.39, 0.29) is 5.54 Å². The van der Waals surface area contributed by atoms with Gasteiger partial charge >= 0.3 is 0 Å². The topological polar surface area (TPSA) is 35.8 Å². The van der Waals surface area contributed by atoms with Crippen molar-refractivity contribution in [3.05, 3.63) is 35.9 Å². The largest absolute Gasteiger partial charge is 0.299 e. The minimum absolute atomic E-state index is 0.331. The third-order valence-electron chi connectivity index (χ3n) is 4.71. The lowest BCUT2D eigenvalue weighted by molar-refractivity contribution is 0.253. The van der Waals surface area contributed by atoms with Crippen LogP contribution in [0.1, 0.15) is 50.0 Å². The molecule has 0 heterocycles. The van der Waals surface area contributed by atoms with E-state index in [1.165, 1.54) is 31.2 Å². The van der Waals surface area contributed by atoms with Crippen LogP contribution in [-0.4, -0.2) is 12.1 Å². The van der Waals surface area contributed by atoms with Crippen molar-refractivity contribution in [2.24, 2.45) is 5.92 Å². The first-order valence-electron chi connectivity index (χ1n) is 7.55. The number of rotatable bonds is 4. The number of hydrogen-bond donors (Lipinski definition) is 1. The zero-order valence-electron chi connectivity index (χ0n) is 11.4. The van der Waals surface area contributed by atoms with Crippen molar-refractivity contribution in [2.75, 3.05) is 6.54 Å². The van der Waals surface area contributed by atoms with Crippen molar-refractivity contribution in [3.63, 3.8) is 0 Å². The lowest BCUT2D eigenvalue weighted by atomic mass is 9.70. The molecule has 2 saturated carbocycles. The highest BCUT2D eigenvalue weighted by Gasteiger charge is 2.42. The second-order valence-electron chi connectivity index (χ2n) is 6.12. The Balaban J connectivity index is 1.83. The Labute approximate surface area is 115 Å². The van der Waals surface area contributed by atoms with Crippen LogP contribution in [0, 0.1) is 17.2 Å². The Morgan fingerprint density at radius 3 is 2.63 bits per heavy atom. The van der Waals surface area contributed by atoms with Crippen LogP contribution in [-0.2, 0) is 0 Å². The summed E-state index contributed by atoms with van der Waals surface area (Å²) in [6.45, 7) is 1.02. The van der Waals surface area contributed by atoms with Crippen molar-refractivity contribution < 1.29 is 0 Å². The van der Waals surface area contributed by atoms with Crippen LogP contribution >= 0.6 is 0 Å². The Kier molecular flexibility index (Phi) is 3.57. The molecule has 0 radical (unpaired) electrons. The van der Waals surface area contributed by atoms with E-state index in [2.05, 4.69) is 41.7 Å². The second-order valence-corrected chi connectivity index (χ2v) is 6.12. The molecule has 2 heteroatoms. The molecule has 2 atom stereocenters. The Bertz CT molecular complexity index is 458. The van der Waals surface area contributed by atoms with Gasteiger partial charge < -0.3 is 0 Å². The van der Waals surface area contributed by atoms with E-state index in [0.29, 0.717) is 5.92 Å². The highest BCUT2D eigenvalue weighted by atomic mass is 15.0. The molecule has 2 unspecified atom stereocenters. The van der Waals surface area contributed by atoms with Crippen molar-refractivity contribution in [2.45, 2.75) is 50.0 Å². The van der Waals surface area contributed by atoms with Crippen LogP contribution in [0.4, 0.5) is 0 Å². The van der Waals surface area contributed by atoms with E-state index in [4.69, 9.17) is 0 Å². The number of nitrogens with one attached hydrogen (secondary N) is 1. The molecular formula is C17H22N2. The van der Waals surface area contributed by atoms with Gasteiger partial charge in [0.25, 0.3) is 0 Å². The van der Waals surface area contributed by atoms with Crippen LogP contribution in [0.25, 0.3) is 0 Å². The van der Waals surface area contributed by atoms with Gasteiger partial charge in [-0.1, -0.05) is 43.2 Å². The van der Waals surface area contributed by atoms with Gasteiger partial charge in [0.1, 0.15) is 5.54 Å². The molecule has 3 rings (SSSR count). The average Bonchev–Trinajstić information content (AvgIpc) is 3.30. The maximum atomic E-state index is 9.79. The predicted molar refractivity (Wildman–Crippen MR) is 76.7 cm³/mol. The molecule has 100 valence electrons. The van der Waals surface area contributed by atoms with Gasteiger partial charge in [0.2, 0.25) is 0 Å². The number of nitriles is 1. The van der Waals surface area contributed by atoms with E-state index < -0.39 is 0 Å². The summed E-state index contributed by atoms with van der Waals surface area (Å²) in [5.41, 5.74) is 0.995. The Morgan fingerprint density at radius 2 is 1.95 bits per heavy atom. The standard InChI is InChI=1S/C17H22N2/c18-13-17(19-12-14-9-10-14)11-5-4-8-16(17)15-6-2-1-3-7-15/h1-3,6-7,14,16,19H,4-5,8-12H2. The number of benzene rings is 1. The fourth-order valence-corrected chi connectivity index (χ4v) is 3.34. The molecule has 0 aliphatic heterocycles. The molecule has 1 aromatic rings. The molecule has 0 spiro atoms. The summed E-state index contributed by atoms with van der Waals surface area (Å²) < 4.78 is 0. The van der Waals surface area contributed by atoms with Gasteiger partial charge in [-0.25, -0.2) is 0 Å². The normalized spacial score (nSPS) is 30.8. The molecular weight excluding hydrogens is 232 g/mol. The molecule has 0 amide bonds. The van der Waals surface area contributed by atoms with Gasteiger partial charge in [-0.2, -0.15) is 5.26 Å². The third-order valence-corrected chi connectivity index (χ3v) is 4.71. The first kappa shape index (κ1) is 12.7. The molecule has 2 fully saturated rings. The Hall–Kier alpha value is -1.33. The predicted octanol–water partition coefficient (Wildman–Crippen LogP) is 3.61. The summed E-state index contributed by atoms with van der Waals surface area (Å²) in [5.74, 6) is 1.18. The van der Waals surface area contributed by atoms with Gasteiger partial charge in [0, 0.05) is 5.92 Å². The summed E-state index contributed by atoms with van der Waals surface area (Å²) in [6, 6.07) is 13.2. The zero-order chi connectivity index (χ0) is 13.1. The van der Waals surface area contributed by atoms with Crippen LogP contribution in [0.2, 0.25) is 0 Å². The van der Waals surface area contributed by atoms with Crippen molar-refractivity contribution >= 4 is 0 Å². The maximum Gasteiger partial charge on any atom is 0.113 e. The Morgan fingerprint density at radius 1 is 1.16 bits per heavy atom. The summed E-state index contributed by atoms with van der Waals surface area (Å²) in [4.78, 5) is 0. The first-order valence-corrected chi connectivity index (χ1v) is 7.55. The fraction of sp³-hybridized carbons (Fsp3) is 0.588. The number of hydrogen-bond acceptors (Lipinski definition) is 2. The van der Waals surface area contributed by atoms with Gasteiger partial charge in [-0.15, -0.1) is 0 Å². The maximum absolute atomic E-state index is 9.79. The molecule has 0 saturated heterocycles. The lowest BCUT2D eigenvalue weighted by Gasteiger charge is -2.40. The van der Waals surface area contributed by atoms with Gasteiger partial charge in [0.05, 0.1) is 6.07 Å². The van der Waals surface area contributed by atoms with Crippen LogP contribution in [0.15, 0.2) is 30.3 Å². The van der Waals surface area contributed by atoms with E-state index in [9.17, 15) is 5.26 Å². The van der Waals surface area contributed by atoms with Gasteiger partial charge in [-0.3, -0.25) is 5.32 Å². The summed E-state index contributed by atoms with van der Waals surface area (Å²) in [5, 5.41) is 13.4. The van der Waals surface area contributed by atoms with E-state index in [1.54, 1.807) is 0 Å². The summed E-state index contributed by atoms with van der Waals surface area (Å²) in [7, 11) is 0. The lowest BCUT2D eigenvalue weighted by Crippen LogP contribution is -2.51. The van der Waals surface area contributed by atoms with Gasteiger partial charge in [0.15, 0.2) is 0 Å². The second kappa shape index (κ2) is 5.35. The highest BCUT2D eigenvalue weighted by Crippen LogP contribution is 2.41. The molecule has 2 nitrogen and oxygen atoms in total. The summed E-state index contributed by atoms with van der Waals surface area (Å²) in [6.07, 6.45) is 7.22. The van der Waals surface area contributed by atoms with Crippen LogP contribution in [0.5, 0.6) is 0 Å². The first-order chi connectivity index (χ1) is 9.34. The van der Waals surface area contributed by atoms with E-state index in [0.717, 1.165) is 25.3 Å². The molecule has 0 bridgehead atoms. The minimum atomic E-state index is -0.331. The van der Waals surface area contributed by atoms with Gasteiger partial charge in [-0.05, 0) is 43.7 Å². The minimum Gasteiger partial charge on any atom is -0.299 e. The third kappa shape index (κ3) is 2.67. The monoisotopic (exact) mass is 254 g/mol. The fourth-order valence-electron chi connectivity index (χ4n) is 3.34. The average molecular weight is 254 g/mol. The molecule has 2 aliphatic carbocycles. The van der Waals surface area contributed by atoms with E-state index in [1.807, 2.05) is 0 Å². The smallest absolute Gasteiger partial charge is 0.113 e. The highest BCUT2D eigenvalue weighted by molar-refractivity contribution is 5.30. The van der Waals surface area contributed by atoms with Crippen molar-refractivity contribution in [1.82, 2.24) is 5.32 Å². The van der Waals surface area contributed by atoms with Crippen molar-refractivity contribution in [3.8, 4) is 6.07 Å². The SMILES string of the molecule is N#CC1(NCC2CC2)CCCCC1c1ccccc1. The van der Waals surface area contributed by atoms with Crippen LogP contribution in [0.3, 0.4) is 0 Å². The molecule has 1 N–H and O–H groups in total. The number of nitrogens with zero attached hydrogens (tertiary/aromatic N) is 1. The molecule has 1 aromatic carbocycles. The quantitative estimate of drug-likeness (QED) is 0.891. The van der Waals surface area contributed by atoms with Crippen molar-refractivity contribution in [1.29, 1.82) is 5.26 Å².